The van der Waals surface area contributed by atoms with E-state index in [1.165, 1.54) is 24.4 Å². The summed E-state index contributed by atoms with van der Waals surface area (Å²) in [4.78, 5) is 79.5. The van der Waals surface area contributed by atoms with Crippen LogP contribution in [0.1, 0.15) is 55.4 Å². The molecule has 5 rings (SSSR count). The summed E-state index contributed by atoms with van der Waals surface area (Å²) in [6.07, 6.45) is 1.27. The van der Waals surface area contributed by atoms with E-state index in [2.05, 4.69) is 25.9 Å². The van der Waals surface area contributed by atoms with Gasteiger partial charge in [0.15, 0.2) is 5.65 Å². The van der Waals surface area contributed by atoms with E-state index in [4.69, 9.17) is 10.8 Å². The zero-order chi connectivity index (χ0) is 30.1. The number of nitrogens with one attached hydrogen (secondary N) is 4. The van der Waals surface area contributed by atoms with Gasteiger partial charge in [-0.2, -0.15) is 0 Å². The summed E-state index contributed by atoms with van der Waals surface area (Å²) in [5.74, 6) is -2.36. The third-order valence-electron chi connectivity index (χ3n) is 6.57. The number of anilines is 3. The summed E-state index contributed by atoms with van der Waals surface area (Å²) in [6.45, 7) is 1.72. The number of benzene rings is 2. The first kappa shape index (κ1) is 27.5. The highest BCUT2D eigenvalue weighted by molar-refractivity contribution is 5.98. The second kappa shape index (κ2) is 10.8. The zero-order valence-electron chi connectivity index (χ0n) is 21.9. The van der Waals surface area contributed by atoms with Crippen molar-refractivity contribution in [3.8, 4) is 0 Å². The van der Waals surface area contributed by atoms with Crippen LogP contribution in [0.5, 0.6) is 0 Å². The largest absolute Gasteiger partial charge is 0.478 e. The molecule has 0 spiro atoms. The first-order valence-corrected chi connectivity index (χ1v) is 12.5. The summed E-state index contributed by atoms with van der Waals surface area (Å²) in [7, 11) is 0. The van der Waals surface area contributed by atoms with Crippen molar-refractivity contribution in [3.05, 3.63) is 120 Å². The van der Waals surface area contributed by atoms with Crippen LogP contribution in [0.15, 0.2) is 75.2 Å². The van der Waals surface area contributed by atoms with E-state index in [1.54, 1.807) is 43.3 Å². The van der Waals surface area contributed by atoms with Crippen LogP contribution in [0.2, 0.25) is 0 Å². The highest BCUT2D eigenvalue weighted by Crippen LogP contribution is 2.19. The van der Waals surface area contributed by atoms with Crippen molar-refractivity contribution in [1.29, 1.82) is 0 Å². The fraction of sp³-hybridized carbons (Fsp3) is 0.107. The molecule has 3 aromatic carbocycles. The monoisotopic (exact) mass is 569 g/mol. The van der Waals surface area contributed by atoms with E-state index in [1.807, 2.05) is 0 Å². The maximum absolute atomic E-state index is 13.2. The molecule has 7 N–H and O–H groups in total. The minimum atomic E-state index is -1.07. The number of hydrogen-bond acceptors (Lipinski definition) is 9. The Bertz CT molecular complexity index is 2000. The van der Waals surface area contributed by atoms with Crippen molar-refractivity contribution < 1.29 is 19.5 Å². The maximum atomic E-state index is 13.2. The number of carboxylic acid groups (broad SMARTS) is 1. The Balaban J connectivity index is 1.33. The van der Waals surface area contributed by atoms with Crippen LogP contribution in [-0.2, 0) is 6.54 Å². The summed E-state index contributed by atoms with van der Waals surface area (Å²) in [6, 6.07) is 13.4. The number of aromatic nitrogens is 3. The minimum absolute atomic E-state index is 0.00426. The molecule has 0 aliphatic heterocycles. The standard InChI is InChI=1S/C28H23N7O7/c1-13(15-5-7-16(8-6-15)27(40)41)32-25(38)18-10-19(35-20(34-18)12-31-28(35)42)26(39)30-11-14-3-2-4-17(9-14)33-22-21(29)23(36)24(22)37/h2-10,12-13,33H,11,29H2,1H3,(H,30,39)(H,31,42)(H,32,38)(H,40,41)/t13-/m0/s1. The quantitative estimate of drug-likeness (QED) is 0.139. The first-order chi connectivity index (χ1) is 20.0. The third kappa shape index (κ3) is 5.23. The molecular formula is C28H23N7O7. The zero-order valence-corrected chi connectivity index (χ0v) is 21.9. The van der Waals surface area contributed by atoms with Crippen molar-refractivity contribution in [2.45, 2.75) is 19.5 Å². The predicted octanol–water partition coefficient (Wildman–Crippen LogP) is 1.06. The van der Waals surface area contributed by atoms with Crippen LogP contribution in [0.25, 0.3) is 5.65 Å². The Hall–Kier alpha value is -6.05. The molecule has 1 atom stereocenters. The lowest BCUT2D eigenvalue weighted by atomic mass is 10.1. The van der Waals surface area contributed by atoms with Gasteiger partial charge in [0.1, 0.15) is 22.8 Å². The van der Waals surface area contributed by atoms with E-state index in [-0.39, 0.29) is 40.5 Å². The molecule has 0 saturated carbocycles. The highest BCUT2D eigenvalue weighted by atomic mass is 16.4. The molecule has 0 radical (unpaired) electrons. The molecule has 2 heterocycles. The number of fused-ring (bicyclic) bond motifs is 1. The van der Waals surface area contributed by atoms with Gasteiger partial charge in [0.05, 0.1) is 11.6 Å². The van der Waals surface area contributed by atoms with Gasteiger partial charge in [-0.15, -0.1) is 0 Å². The average Bonchev–Trinajstić information content (AvgIpc) is 3.38. The summed E-state index contributed by atoms with van der Waals surface area (Å²) < 4.78 is 1.03. The normalized spacial score (nSPS) is 11.7. The molecule has 14 heteroatoms. The number of nitrogens with zero attached hydrogens (tertiary/aromatic N) is 2. The minimum Gasteiger partial charge on any atom is -0.478 e. The Morgan fingerprint density at radius 3 is 2.45 bits per heavy atom. The average molecular weight is 570 g/mol. The lowest BCUT2D eigenvalue weighted by Gasteiger charge is -2.15. The van der Waals surface area contributed by atoms with Crippen molar-refractivity contribution in [1.82, 2.24) is 25.0 Å². The number of carbonyl (C=O) groups is 3. The Morgan fingerprint density at radius 1 is 1.02 bits per heavy atom. The topological polar surface area (TPSA) is 218 Å². The lowest BCUT2D eigenvalue weighted by molar-refractivity contribution is 0.0696. The molecule has 212 valence electrons. The number of H-pyrrole nitrogens is 1. The van der Waals surface area contributed by atoms with E-state index >= 15 is 0 Å². The molecule has 14 nitrogen and oxygen atoms in total. The number of aromatic carboxylic acids is 1. The molecule has 5 aromatic rings. The Labute approximate surface area is 235 Å². The van der Waals surface area contributed by atoms with Gasteiger partial charge >= 0.3 is 11.7 Å². The second-order valence-corrected chi connectivity index (χ2v) is 9.39. The van der Waals surface area contributed by atoms with Gasteiger partial charge in [0.2, 0.25) is 0 Å². The van der Waals surface area contributed by atoms with E-state index in [0.29, 0.717) is 16.8 Å². The number of carboxylic acids is 1. The first-order valence-electron chi connectivity index (χ1n) is 12.5. The number of amides is 2. The molecule has 2 aromatic heterocycles. The van der Waals surface area contributed by atoms with Gasteiger partial charge < -0.3 is 31.8 Å². The van der Waals surface area contributed by atoms with Gasteiger partial charge in [-0.25, -0.2) is 19.0 Å². The smallest absolute Gasteiger partial charge is 0.335 e. The molecule has 0 unspecified atom stereocenters. The second-order valence-electron chi connectivity index (χ2n) is 9.39. The number of hydrogen-bond donors (Lipinski definition) is 6. The molecular weight excluding hydrogens is 546 g/mol. The molecule has 0 fully saturated rings. The number of imidazole rings is 1. The van der Waals surface area contributed by atoms with E-state index in [9.17, 15) is 28.8 Å². The number of rotatable bonds is 9. The van der Waals surface area contributed by atoms with Gasteiger partial charge in [-0.3, -0.25) is 19.2 Å². The summed E-state index contributed by atoms with van der Waals surface area (Å²) in [5, 5.41) is 17.3. The van der Waals surface area contributed by atoms with Crippen LogP contribution in [0, 0.1) is 0 Å². The van der Waals surface area contributed by atoms with Crippen LogP contribution in [0.3, 0.4) is 0 Å². The number of carbonyl (C=O) groups excluding carboxylic acids is 2. The predicted molar refractivity (Wildman–Crippen MR) is 152 cm³/mol. The van der Waals surface area contributed by atoms with E-state index < -0.39 is 40.4 Å². The van der Waals surface area contributed by atoms with Crippen LogP contribution < -0.4 is 38.2 Å². The van der Waals surface area contributed by atoms with Gasteiger partial charge in [0, 0.05) is 18.4 Å². The fourth-order valence-electron chi connectivity index (χ4n) is 4.29. The molecule has 0 saturated heterocycles. The number of nitrogens with two attached hydrogens (primary N) is 1. The highest BCUT2D eigenvalue weighted by Gasteiger charge is 2.21. The van der Waals surface area contributed by atoms with Gasteiger partial charge in [0.25, 0.3) is 22.7 Å². The summed E-state index contributed by atoms with van der Waals surface area (Å²) in [5.41, 5.74) is 4.97. The van der Waals surface area contributed by atoms with Crippen LogP contribution in [0.4, 0.5) is 17.1 Å². The van der Waals surface area contributed by atoms with Gasteiger partial charge in [-0.05, 0) is 48.4 Å². The summed E-state index contributed by atoms with van der Waals surface area (Å²) >= 11 is 0. The Morgan fingerprint density at radius 2 is 1.76 bits per heavy atom. The third-order valence-corrected chi connectivity index (χ3v) is 6.57. The molecule has 42 heavy (non-hydrogen) atoms. The molecule has 0 aliphatic carbocycles. The number of aromatic amines is 1. The maximum Gasteiger partial charge on any atom is 0.335 e. The van der Waals surface area contributed by atoms with Crippen molar-refractivity contribution in [3.63, 3.8) is 0 Å². The van der Waals surface area contributed by atoms with Gasteiger partial charge in [-0.1, -0.05) is 24.3 Å². The van der Waals surface area contributed by atoms with Crippen molar-refractivity contribution in [2.75, 3.05) is 11.1 Å². The molecule has 0 bridgehead atoms. The SMILES string of the molecule is C[C@H](NC(=O)c1cc(C(=O)NCc2cccc(Nc3c(N)c(=O)c3=O)c2)n2c(=O)[nH]cc2n1)c1ccc(C(=O)O)cc1. The Kier molecular flexibility index (Phi) is 7.10. The fourth-order valence-corrected chi connectivity index (χ4v) is 4.29. The molecule has 2 amide bonds. The van der Waals surface area contributed by atoms with Crippen LogP contribution >= 0.6 is 0 Å². The van der Waals surface area contributed by atoms with Crippen molar-refractivity contribution in [2.24, 2.45) is 0 Å². The van der Waals surface area contributed by atoms with Crippen molar-refractivity contribution >= 4 is 40.5 Å². The lowest BCUT2D eigenvalue weighted by Crippen LogP contribution is -2.36. The number of nitrogen functional groups attached to an aromatic ring is 1. The van der Waals surface area contributed by atoms with Crippen LogP contribution in [-0.4, -0.2) is 37.3 Å². The van der Waals surface area contributed by atoms with E-state index in [0.717, 1.165) is 4.40 Å². The molecule has 0 aliphatic rings.